The molecule has 18 heavy (non-hydrogen) atoms. The number of benzene rings is 1. The van der Waals surface area contributed by atoms with Gasteiger partial charge in [-0.05, 0) is 24.6 Å². The molecule has 2 N–H and O–H groups in total. The second kappa shape index (κ2) is 4.09. The summed E-state index contributed by atoms with van der Waals surface area (Å²) in [7, 11) is -3.35. The zero-order valence-electron chi connectivity index (χ0n) is 9.88. The molecule has 2 rings (SSSR count). The molecule has 1 heterocycles. The Bertz CT molecular complexity index is 707. The normalized spacial score (nSPS) is 11.7. The van der Waals surface area contributed by atoms with Crippen molar-refractivity contribution in [3.05, 3.63) is 35.9 Å². The molecule has 0 aliphatic heterocycles. The third kappa shape index (κ3) is 2.21. The summed E-state index contributed by atoms with van der Waals surface area (Å²) < 4.78 is 37.5. The summed E-state index contributed by atoms with van der Waals surface area (Å²) in [6.45, 7) is 1.74. The first-order chi connectivity index (χ1) is 8.29. The number of anilines is 1. The average Bonchev–Trinajstić information content (AvgIpc) is 2.72. The third-order valence-electron chi connectivity index (χ3n) is 2.57. The molecule has 0 radical (unpaired) electrons. The number of sulfone groups is 1. The van der Waals surface area contributed by atoms with Crippen molar-refractivity contribution in [1.29, 1.82) is 0 Å². The molecule has 0 unspecified atom stereocenters. The van der Waals surface area contributed by atoms with Gasteiger partial charge in [-0.1, -0.05) is 0 Å². The van der Waals surface area contributed by atoms with Crippen LogP contribution >= 0.6 is 0 Å². The van der Waals surface area contributed by atoms with E-state index in [1.165, 1.54) is 29.2 Å². The van der Waals surface area contributed by atoms with Gasteiger partial charge in [0.15, 0.2) is 15.7 Å². The van der Waals surface area contributed by atoms with Crippen molar-refractivity contribution in [2.75, 3.05) is 12.0 Å². The summed E-state index contributed by atoms with van der Waals surface area (Å²) in [6.07, 6.45) is 3.52. The van der Waals surface area contributed by atoms with Gasteiger partial charge in [-0.25, -0.2) is 17.5 Å². The molecule has 5 nitrogen and oxygen atoms in total. The van der Waals surface area contributed by atoms with Crippen molar-refractivity contribution >= 4 is 15.5 Å². The molecular weight excluding hydrogens is 257 g/mol. The Morgan fingerprint density at radius 3 is 2.61 bits per heavy atom. The third-order valence-corrected chi connectivity index (χ3v) is 3.64. The standard InChI is InChI=1S/C11H12FN3O2S/c1-7-3-11(9(12)4-10(7)13)15-6-8(5-14-15)18(2,16)17/h3-6H,13H2,1-2H3. The molecule has 0 bridgehead atoms. The fourth-order valence-electron chi connectivity index (χ4n) is 1.49. The van der Waals surface area contributed by atoms with E-state index >= 15 is 0 Å². The molecular formula is C11H12FN3O2S. The lowest BCUT2D eigenvalue weighted by Gasteiger charge is -2.06. The van der Waals surface area contributed by atoms with E-state index in [0.29, 0.717) is 11.3 Å². The average molecular weight is 269 g/mol. The lowest BCUT2D eigenvalue weighted by atomic mass is 10.2. The summed E-state index contributed by atoms with van der Waals surface area (Å²) in [6, 6.07) is 2.70. The second-order valence-electron chi connectivity index (χ2n) is 4.05. The van der Waals surface area contributed by atoms with Crippen molar-refractivity contribution < 1.29 is 12.8 Å². The molecule has 0 saturated heterocycles. The number of hydrogen-bond donors (Lipinski definition) is 1. The van der Waals surface area contributed by atoms with E-state index in [4.69, 9.17) is 5.73 Å². The fourth-order valence-corrected chi connectivity index (χ4v) is 2.02. The van der Waals surface area contributed by atoms with E-state index in [0.717, 1.165) is 6.26 Å². The van der Waals surface area contributed by atoms with Crippen molar-refractivity contribution in [2.45, 2.75) is 11.8 Å². The maximum absolute atomic E-state index is 13.7. The van der Waals surface area contributed by atoms with E-state index in [1.54, 1.807) is 6.92 Å². The Balaban J connectivity index is 2.56. The van der Waals surface area contributed by atoms with Gasteiger partial charge in [-0.15, -0.1) is 0 Å². The minimum atomic E-state index is -3.35. The quantitative estimate of drug-likeness (QED) is 0.834. The Hall–Kier alpha value is -1.89. The molecule has 1 aromatic carbocycles. The predicted octanol–water partition coefficient (Wildman–Crippen LogP) is 1.31. The highest BCUT2D eigenvalue weighted by Gasteiger charge is 2.13. The van der Waals surface area contributed by atoms with Crippen molar-refractivity contribution in [1.82, 2.24) is 9.78 Å². The van der Waals surface area contributed by atoms with Crippen molar-refractivity contribution in [3.8, 4) is 5.69 Å². The monoisotopic (exact) mass is 269 g/mol. The minimum Gasteiger partial charge on any atom is -0.398 e. The largest absolute Gasteiger partial charge is 0.398 e. The first kappa shape index (κ1) is 12.6. The molecule has 0 atom stereocenters. The van der Waals surface area contributed by atoms with Crippen LogP contribution < -0.4 is 5.73 Å². The van der Waals surface area contributed by atoms with Crippen LogP contribution in [0.2, 0.25) is 0 Å². The molecule has 2 aromatic rings. The highest BCUT2D eigenvalue weighted by molar-refractivity contribution is 7.90. The fraction of sp³-hybridized carbons (Fsp3) is 0.182. The van der Waals surface area contributed by atoms with Gasteiger partial charge < -0.3 is 5.73 Å². The van der Waals surface area contributed by atoms with Crippen LogP contribution in [0.1, 0.15) is 5.56 Å². The molecule has 0 saturated carbocycles. The molecule has 1 aromatic heterocycles. The van der Waals surface area contributed by atoms with Crippen LogP contribution in [0.4, 0.5) is 10.1 Å². The van der Waals surface area contributed by atoms with Crippen LogP contribution in [0.3, 0.4) is 0 Å². The number of halogens is 1. The number of rotatable bonds is 2. The first-order valence-electron chi connectivity index (χ1n) is 5.10. The Morgan fingerprint density at radius 2 is 2.06 bits per heavy atom. The highest BCUT2D eigenvalue weighted by atomic mass is 32.2. The number of nitrogens with two attached hydrogens (primary N) is 1. The maximum Gasteiger partial charge on any atom is 0.178 e. The van der Waals surface area contributed by atoms with Crippen LogP contribution in [-0.4, -0.2) is 24.5 Å². The lowest BCUT2D eigenvalue weighted by Crippen LogP contribution is -2.01. The molecule has 0 fully saturated rings. The SMILES string of the molecule is Cc1cc(-n2cc(S(C)(=O)=O)cn2)c(F)cc1N. The van der Waals surface area contributed by atoms with Crippen LogP contribution in [-0.2, 0) is 9.84 Å². The van der Waals surface area contributed by atoms with Crippen LogP contribution in [0, 0.1) is 12.7 Å². The van der Waals surface area contributed by atoms with Gasteiger partial charge in [-0.2, -0.15) is 5.10 Å². The highest BCUT2D eigenvalue weighted by Crippen LogP contribution is 2.21. The van der Waals surface area contributed by atoms with Gasteiger partial charge in [0.1, 0.15) is 10.6 Å². The number of nitrogen functional groups attached to an aromatic ring is 1. The second-order valence-corrected chi connectivity index (χ2v) is 6.07. The zero-order chi connectivity index (χ0) is 13.5. The minimum absolute atomic E-state index is 0.0383. The number of nitrogens with zero attached hydrogens (tertiary/aromatic N) is 2. The zero-order valence-corrected chi connectivity index (χ0v) is 10.7. The molecule has 7 heteroatoms. The summed E-state index contributed by atoms with van der Waals surface area (Å²) in [4.78, 5) is 0.0383. The number of aryl methyl sites for hydroxylation is 1. The van der Waals surface area contributed by atoms with E-state index in [2.05, 4.69) is 5.10 Å². The van der Waals surface area contributed by atoms with Gasteiger partial charge in [0.25, 0.3) is 0 Å². The Morgan fingerprint density at radius 1 is 1.39 bits per heavy atom. The molecule has 0 spiro atoms. The Labute approximate surface area is 104 Å². The number of aromatic nitrogens is 2. The van der Waals surface area contributed by atoms with Crippen LogP contribution in [0.5, 0.6) is 0 Å². The molecule has 0 amide bonds. The van der Waals surface area contributed by atoms with Crippen LogP contribution in [0.15, 0.2) is 29.4 Å². The summed E-state index contributed by atoms with van der Waals surface area (Å²) in [5, 5.41) is 3.84. The van der Waals surface area contributed by atoms with E-state index in [9.17, 15) is 12.8 Å². The van der Waals surface area contributed by atoms with Gasteiger partial charge >= 0.3 is 0 Å². The Kier molecular flexibility index (Phi) is 2.86. The topological polar surface area (TPSA) is 78.0 Å². The predicted molar refractivity (Wildman–Crippen MR) is 65.8 cm³/mol. The lowest BCUT2D eigenvalue weighted by molar-refractivity contribution is 0.601. The smallest absolute Gasteiger partial charge is 0.178 e. The van der Waals surface area contributed by atoms with E-state index in [-0.39, 0.29) is 10.6 Å². The van der Waals surface area contributed by atoms with Gasteiger partial charge in [0.05, 0.1) is 6.20 Å². The summed E-state index contributed by atoms with van der Waals surface area (Å²) in [5.74, 6) is -0.554. The van der Waals surface area contributed by atoms with E-state index < -0.39 is 15.7 Å². The summed E-state index contributed by atoms with van der Waals surface area (Å²) in [5.41, 5.74) is 6.78. The van der Waals surface area contributed by atoms with Crippen LogP contribution in [0.25, 0.3) is 5.69 Å². The summed E-state index contributed by atoms with van der Waals surface area (Å²) >= 11 is 0. The van der Waals surface area contributed by atoms with Gasteiger partial charge in [0.2, 0.25) is 0 Å². The van der Waals surface area contributed by atoms with Crippen molar-refractivity contribution in [2.24, 2.45) is 0 Å². The van der Waals surface area contributed by atoms with Crippen molar-refractivity contribution in [3.63, 3.8) is 0 Å². The maximum atomic E-state index is 13.7. The van der Waals surface area contributed by atoms with Gasteiger partial charge in [0, 0.05) is 18.1 Å². The first-order valence-corrected chi connectivity index (χ1v) is 6.99. The molecule has 96 valence electrons. The molecule has 0 aliphatic carbocycles. The van der Waals surface area contributed by atoms with E-state index in [1.807, 2.05) is 0 Å². The number of hydrogen-bond acceptors (Lipinski definition) is 4. The molecule has 0 aliphatic rings. The van der Waals surface area contributed by atoms with Gasteiger partial charge in [-0.3, -0.25) is 0 Å².